The normalized spacial score (nSPS) is 9.88. The van der Waals surface area contributed by atoms with Crippen molar-refractivity contribution >= 4 is 24.8 Å². The maximum absolute atomic E-state index is 10.0. The summed E-state index contributed by atoms with van der Waals surface area (Å²) in [5.41, 5.74) is -0.583. The molecule has 8 heavy (non-hydrogen) atoms. The van der Waals surface area contributed by atoms with Gasteiger partial charge < -0.3 is 5.11 Å². The van der Waals surface area contributed by atoms with E-state index in [4.69, 9.17) is 5.11 Å². The fourth-order valence-electron chi connectivity index (χ4n) is 0. The van der Waals surface area contributed by atoms with Crippen LogP contribution < -0.4 is 0 Å². The Morgan fingerprint density at radius 1 is 1.38 bits per heavy atom. The number of carboxylic acids is 1. The Morgan fingerprint density at radius 2 is 1.50 bits per heavy atom. The van der Waals surface area contributed by atoms with Crippen molar-refractivity contribution in [2.45, 2.75) is 20.8 Å². The molecule has 0 saturated carbocycles. The first-order valence-electron chi connectivity index (χ1n) is 2.18. The molecule has 0 aromatic heterocycles. The third-order valence-electron chi connectivity index (χ3n) is 0.642. The van der Waals surface area contributed by atoms with Crippen LogP contribution in [0, 0.1) is 5.41 Å². The Balaban J connectivity index is 0. The van der Waals surface area contributed by atoms with E-state index < -0.39 is 11.4 Å². The van der Waals surface area contributed by atoms with E-state index in [0.29, 0.717) is 0 Å². The zero-order valence-corrected chi connectivity index (χ0v) is 4.86. The van der Waals surface area contributed by atoms with Gasteiger partial charge >= 0.3 is 24.8 Å². The molecule has 2 nitrogen and oxygen atoms in total. The molecule has 0 saturated heterocycles. The van der Waals surface area contributed by atoms with E-state index in [1.165, 1.54) is 0 Å². The molecule has 0 aliphatic rings. The number of carboxylic acid groups (broad SMARTS) is 1. The van der Waals surface area contributed by atoms with Gasteiger partial charge in [0, 0.05) is 0 Å². The third-order valence-corrected chi connectivity index (χ3v) is 0.642. The van der Waals surface area contributed by atoms with Crippen LogP contribution in [0.3, 0.4) is 0 Å². The van der Waals surface area contributed by atoms with Gasteiger partial charge in [-0.1, -0.05) is 0 Å². The molecule has 0 radical (unpaired) electrons. The molecule has 0 atom stereocenters. The summed E-state index contributed by atoms with van der Waals surface area (Å²) in [6.45, 7) is 4.99. The summed E-state index contributed by atoms with van der Waals surface area (Å²) in [5, 5.41) is 8.25. The first kappa shape index (κ1) is 10.9. The van der Waals surface area contributed by atoms with Gasteiger partial charge in [-0.3, -0.25) is 4.79 Å². The number of hydrogen-bond donors (Lipinski definition) is 1. The summed E-state index contributed by atoms with van der Waals surface area (Å²) < 4.78 is 0. The monoisotopic (exact) mass is 110 g/mol. The summed E-state index contributed by atoms with van der Waals surface area (Å²) >= 11 is 0. The Hall–Kier alpha value is 0.0674. The molecule has 1 N–H and O–H groups in total. The maximum atomic E-state index is 10.0. The van der Waals surface area contributed by atoms with Gasteiger partial charge in [-0.15, -0.1) is 0 Å². The quantitative estimate of drug-likeness (QED) is 0.460. The molecule has 0 aliphatic heterocycles. The van der Waals surface area contributed by atoms with Crippen molar-refractivity contribution < 1.29 is 9.90 Å². The van der Waals surface area contributed by atoms with Crippen molar-refractivity contribution in [2.24, 2.45) is 5.41 Å². The first-order valence-corrected chi connectivity index (χ1v) is 2.18. The van der Waals surface area contributed by atoms with Crippen LogP contribution in [0.2, 0.25) is 0 Å². The Bertz CT molecular complexity index is 82.9. The minimum absolute atomic E-state index is 0. The number of carbonyl (C=O) groups is 1. The average molecular weight is 110 g/mol. The minimum atomic E-state index is -0.757. The SMILES string of the molecule is CC(C)(C)C(=O)O.[LiH]. The molecule has 0 aromatic rings. The zero-order chi connectivity index (χ0) is 6.08. The standard InChI is InChI=1S/C5H10O2.Li.H/c1-5(2,3)4(6)7;;/h1-3H3,(H,6,7);;. The predicted molar refractivity (Wildman–Crippen MR) is 34.2 cm³/mol. The molecule has 3 heteroatoms. The molecule has 0 aliphatic carbocycles. The van der Waals surface area contributed by atoms with E-state index >= 15 is 0 Å². The second-order valence-electron chi connectivity index (χ2n) is 2.56. The molecule has 0 rings (SSSR count). The molecular weight excluding hydrogens is 99.0 g/mol. The summed E-state index contributed by atoms with van der Waals surface area (Å²) in [6, 6.07) is 0. The van der Waals surface area contributed by atoms with Crippen molar-refractivity contribution in [1.82, 2.24) is 0 Å². The molecule has 0 amide bonds. The zero-order valence-electron chi connectivity index (χ0n) is 4.86. The Labute approximate surface area is 61.5 Å². The van der Waals surface area contributed by atoms with Crippen LogP contribution in [-0.4, -0.2) is 29.9 Å². The van der Waals surface area contributed by atoms with Crippen molar-refractivity contribution in [3.8, 4) is 0 Å². The molecule has 0 bridgehead atoms. The third kappa shape index (κ3) is 4.23. The van der Waals surface area contributed by atoms with Crippen LogP contribution in [0.1, 0.15) is 20.8 Å². The average Bonchev–Trinajstić information content (AvgIpc) is 1.31. The molecule has 44 valence electrons. The van der Waals surface area contributed by atoms with E-state index in [9.17, 15) is 4.79 Å². The van der Waals surface area contributed by atoms with E-state index in [0.717, 1.165) is 0 Å². The van der Waals surface area contributed by atoms with E-state index in [2.05, 4.69) is 0 Å². The van der Waals surface area contributed by atoms with E-state index in [1.807, 2.05) is 0 Å². The van der Waals surface area contributed by atoms with Crippen LogP contribution >= 0.6 is 0 Å². The number of rotatable bonds is 0. The van der Waals surface area contributed by atoms with Gasteiger partial charge in [-0.05, 0) is 20.8 Å². The van der Waals surface area contributed by atoms with Crippen molar-refractivity contribution in [2.75, 3.05) is 0 Å². The van der Waals surface area contributed by atoms with Gasteiger partial charge in [0.05, 0.1) is 5.41 Å². The van der Waals surface area contributed by atoms with Crippen LogP contribution in [0.4, 0.5) is 0 Å². The van der Waals surface area contributed by atoms with Crippen molar-refractivity contribution in [1.29, 1.82) is 0 Å². The Morgan fingerprint density at radius 3 is 1.50 bits per heavy atom. The van der Waals surface area contributed by atoms with Crippen LogP contribution in [0.25, 0.3) is 0 Å². The molecular formula is C5H11LiO2. The van der Waals surface area contributed by atoms with E-state index in [1.54, 1.807) is 20.8 Å². The fraction of sp³-hybridized carbons (Fsp3) is 0.800. The predicted octanol–water partition coefficient (Wildman–Crippen LogP) is 0.469. The number of hydrogen-bond acceptors (Lipinski definition) is 1. The Kier molecular flexibility index (Phi) is 4.33. The summed E-state index contributed by atoms with van der Waals surface area (Å²) in [7, 11) is 0. The summed E-state index contributed by atoms with van der Waals surface area (Å²) in [6.07, 6.45) is 0. The molecule has 0 fully saturated rings. The van der Waals surface area contributed by atoms with Gasteiger partial charge in [0.1, 0.15) is 0 Å². The van der Waals surface area contributed by atoms with Gasteiger partial charge in [-0.25, -0.2) is 0 Å². The van der Waals surface area contributed by atoms with Gasteiger partial charge in [-0.2, -0.15) is 0 Å². The topological polar surface area (TPSA) is 37.3 Å². The van der Waals surface area contributed by atoms with Crippen LogP contribution in [-0.2, 0) is 4.79 Å². The summed E-state index contributed by atoms with van der Waals surface area (Å²) in [5.74, 6) is -0.757. The molecule has 0 spiro atoms. The summed E-state index contributed by atoms with van der Waals surface area (Å²) in [4.78, 5) is 10.0. The number of aliphatic carboxylic acids is 1. The second-order valence-corrected chi connectivity index (χ2v) is 2.56. The van der Waals surface area contributed by atoms with Gasteiger partial charge in [0.15, 0.2) is 0 Å². The molecule has 0 heterocycles. The van der Waals surface area contributed by atoms with Crippen LogP contribution in [0.5, 0.6) is 0 Å². The van der Waals surface area contributed by atoms with Gasteiger partial charge in [0.2, 0.25) is 0 Å². The van der Waals surface area contributed by atoms with Crippen molar-refractivity contribution in [3.63, 3.8) is 0 Å². The molecule has 0 unspecified atom stereocenters. The fourth-order valence-corrected chi connectivity index (χ4v) is 0. The van der Waals surface area contributed by atoms with E-state index in [-0.39, 0.29) is 18.9 Å². The van der Waals surface area contributed by atoms with Crippen LogP contribution in [0.15, 0.2) is 0 Å². The first-order chi connectivity index (χ1) is 2.94. The van der Waals surface area contributed by atoms with Gasteiger partial charge in [0.25, 0.3) is 0 Å². The molecule has 0 aromatic carbocycles. The van der Waals surface area contributed by atoms with Crippen molar-refractivity contribution in [3.05, 3.63) is 0 Å². The second kappa shape index (κ2) is 3.16.